The van der Waals surface area contributed by atoms with E-state index in [2.05, 4.69) is 20.1 Å². The maximum Gasteiger partial charge on any atom is 0.331 e. The Bertz CT molecular complexity index is 581. The Kier molecular flexibility index (Phi) is 3.50. The van der Waals surface area contributed by atoms with Crippen molar-refractivity contribution in [2.75, 3.05) is 5.73 Å². The van der Waals surface area contributed by atoms with Crippen LogP contribution in [0.1, 0.15) is 19.5 Å². The first-order valence-electron chi connectivity index (χ1n) is 5.80. The lowest BCUT2D eigenvalue weighted by Crippen LogP contribution is -2.11. The second-order valence-electron chi connectivity index (χ2n) is 4.27. The first-order chi connectivity index (χ1) is 8.94. The highest BCUT2D eigenvalue weighted by atomic mass is 16.5. The van der Waals surface area contributed by atoms with Crippen LogP contribution in [0.2, 0.25) is 0 Å². The van der Waals surface area contributed by atoms with Crippen LogP contribution in [0.15, 0.2) is 6.07 Å². The van der Waals surface area contributed by atoms with Gasteiger partial charge in [0.2, 0.25) is 11.8 Å². The van der Waals surface area contributed by atoms with Gasteiger partial charge >= 0.3 is 12.0 Å². The summed E-state index contributed by atoms with van der Waals surface area (Å²) in [5, 5.41) is 4.16. The topological polar surface area (TPSA) is 101 Å². The summed E-state index contributed by atoms with van der Waals surface area (Å²) in [5.74, 6) is 0.554. The van der Waals surface area contributed by atoms with E-state index in [9.17, 15) is 0 Å². The fourth-order valence-corrected chi connectivity index (χ4v) is 1.44. The Hall–Kier alpha value is -2.38. The van der Waals surface area contributed by atoms with Gasteiger partial charge < -0.3 is 15.2 Å². The Morgan fingerprint density at radius 1 is 1.21 bits per heavy atom. The zero-order valence-corrected chi connectivity index (χ0v) is 11.3. The van der Waals surface area contributed by atoms with E-state index in [4.69, 9.17) is 15.2 Å². The molecule has 0 aliphatic carbocycles. The van der Waals surface area contributed by atoms with Crippen LogP contribution in [0.25, 0.3) is 0 Å². The number of hydrogen-bond acceptors (Lipinski definition) is 7. The molecule has 0 amide bonds. The van der Waals surface area contributed by atoms with Crippen molar-refractivity contribution in [3.63, 3.8) is 0 Å². The third kappa shape index (κ3) is 3.30. The average Bonchev–Trinajstić information content (AvgIpc) is 2.55. The summed E-state index contributed by atoms with van der Waals surface area (Å²) in [7, 11) is 1.76. The van der Waals surface area contributed by atoms with Crippen LogP contribution in [-0.2, 0) is 7.05 Å². The molecule has 2 rings (SSSR count). The van der Waals surface area contributed by atoms with Crippen molar-refractivity contribution >= 4 is 5.95 Å². The van der Waals surface area contributed by atoms with Gasteiger partial charge in [0.05, 0.1) is 11.8 Å². The molecule has 0 fully saturated rings. The maximum absolute atomic E-state index is 5.59. The third-order valence-electron chi connectivity index (χ3n) is 2.11. The minimum absolute atomic E-state index is 0.0412. The molecule has 0 radical (unpaired) electrons. The van der Waals surface area contributed by atoms with Gasteiger partial charge in [0, 0.05) is 13.1 Å². The van der Waals surface area contributed by atoms with Crippen LogP contribution >= 0.6 is 0 Å². The van der Waals surface area contributed by atoms with Gasteiger partial charge in [-0.15, -0.1) is 4.98 Å². The summed E-state index contributed by atoms with van der Waals surface area (Å²) in [4.78, 5) is 11.8. The Morgan fingerprint density at radius 3 is 2.47 bits per heavy atom. The molecule has 2 N–H and O–H groups in total. The van der Waals surface area contributed by atoms with Crippen molar-refractivity contribution in [2.24, 2.45) is 7.05 Å². The van der Waals surface area contributed by atoms with Crippen molar-refractivity contribution in [1.82, 2.24) is 24.7 Å². The predicted molar refractivity (Wildman–Crippen MR) is 68.0 cm³/mol. The molecule has 0 aromatic carbocycles. The summed E-state index contributed by atoms with van der Waals surface area (Å²) in [5.41, 5.74) is 6.42. The van der Waals surface area contributed by atoms with Gasteiger partial charge in [-0.1, -0.05) is 0 Å². The molecular formula is C11H16N6O2. The van der Waals surface area contributed by atoms with Crippen molar-refractivity contribution in [1.29, 1.82) is 0 Å². The molecule has 0 unspecified atom stereocenters. The SMILES string of the molecule is Cc1cc(Oc2nc(N)nc(OC(C)C)n2)n(C)n1. The van der Waals surface area contributed by atoms with E-state index in [0.717, 1.165) is 5.69 Å². The zero-order valence-electron chi connectivity index (χ0n) is 11.3. The predicted octanol–water partition coefficient (Wildman–Crippen LogP) is 1.08. The Labute approximate surface area is 110 Å². The van der Waals surface area contributed by atoms with Gasteiger partial charge in [0.25, 0.3) is 0 Å². The van der Waals surface area contributed by atoms with E-state index in [1.807, 2.05) is 20.8 Å². The van der Waals surface area contributed by atoms with Crippen LogP contribution in [0.5, 0.6) is 17.9 Å². The number of rotatable bonds is 4. The Morgan fingerprint density at radius 2 is 1.89 bits per heavy atom. The smallest absolute Gasteiger partial charge is 0.331 e. The molecule has 0 bridgehead atoms. The second-order valence-corrected chi connectivity index (χ2v) is 4.27. The highest BCUT2D eigenvalue weighted by molar-refractivity contribution is 5.24. The fraction of sp³-hybridized carbons (Fsp3) is 0.455. The van der Waals surface area contributed by atoms with Crippen LogP contribution in [0.3, 0.4) is 0 Å². The monoisotopic (exact) mass is 264 g/mol. The van der Waals surface area contributed by atoms with Gasteiger partial charge in [-0.3, -0.25) is 0 Å². The maximum atomic E-state index is 5.59. The number of nitrogens with two attached hydrogens (primary N) is 1. The first-order valence-corrected chi connectivity index (χ1v) is 5.80. The molecule has 0 atom stereocenters. The minimum atomic E-state index is -0.0615. The summed E-state index contributed by atoms with van der Waals surface area (Å²) >= 11 is 0. The average molecular weight is 264 g/mol. The third-order valence-corrected chi connectivity index (χ3v) is 2.11. The number of nitrogen functional groups attached to an aromatic ring is 1. The lowest BCUT2D eigenvalue weighted by molar-refractivity contribution is 0.218. The molecule has 2 aromatic rings. The minimum Gasteiger partial charge on any atom is -0.461 e. The fourth-order valence-electron chi connectivity index (χ4n) is 1.44. The normalized spacial score (nSPS) is 10.8. The van der Waals surface area contributed by atoms with Crippen molar-refractivity contribution in [3.8, 4) is 17.9 Å². The molecule has 19 heavy (non-hydrogen) atoms. The number of anilines is 1. The van der Waals surface area contributed by atoms with E-state index < -0.39 is 0 Å². The summed E-state index contributed by atoms with van der Waals surface area (Å²) in [6, 6.07) is 1.98. The second kappa shape index (κ2) is 5.09. The van der Waals surface area contributed by atoms with Crippen LogP contribution in [-0.4, -0.2) is 30.8 Å². The van der Waals surface area contributed by atoms with Gasteiger partial charge in [-0.05, 0) is 20.8 Å². The van der Waals surface area contributed by atoms with Crippen LogP contribution in [0, 0.1) is 6.92 Å². The van der Waals surface area contributed by atoms with E-state index in [1.165, 1.54) is 0 Å². The highest BCUT2D eigenvalue weighted by Crippen LogP contribution is 2.20. The summed E-state index contributed by atoms with van der Waals surface area (Å²) in [6.45, 7) is 5.60. The van der Waals surface area contributed by atoms with E-state index in [1.54, 1.807) is 17.8 Å². The Balaban J connectivity index is 2.25. The lowest BCUT2D eigenvalue weighted by Gasteiger charge is -2.09. The van der Waals surface area contributed by atoms with Crippen LogP contribution < -0.4 is 15.2 Å². The molecule has 8 nitrogen and oxygen atoms in total. The van der Waals surface area contributed by atoms with Gasteiger partial charge in [-0.25, -0.2) is 4.68 Å². The standard InChI is InChI=1S/C11H16N6O2/c1-6(2)18-10-13-9(12)14-11(15-10)19-8-5-7(3)16-17(8)4/h5-6H,1-4H3,(H2,12,13,14,15). The summed E-state index contributed by atoms with van der Waals surface area (Å²) in [6.07, 6.45) is -0.0615. The number of hydrogen-bond donors (Lipinski definition) is 1. The van der Waals surface area contributed by atoms with E-state index >= 15 is 0 Å². The van der Waals surface area contributed by atoms with Crippen molar-refractivity contribution in [2.45, 2.75) is 26.9 Å². The largest absolute Gasteiger partial charge is 0.461 e. The van der Waals surface area contributed by atoms with Gasteiger partial charge in [0.1, 0.15) is 0 Å². The lowest BCUT2D eigenvalue weighted by atomic mass is 10.5. The molecule has 0 saturated carbocycles. The zero-order chi connectivity index (χ0) is 14.0. The molecule has 0 spiro atoms. The summed E-state index contributed by atoms with van der Waals surface area (Å²) < 4.78 is 12.5. The van der Waals surface area contributed by atoms with E-state index in [0.29, 0.717) is 5.88 Å². The molecule has 8 heteroatoms. The van der Waals surface area contributed by atoms with Crippen molar-refractivity contribution in [3.05, 3.63) is 11.8 Å². The van der Waals surface area contributed by atoms with Crippen molar-refractivity contribution < 1.29 is 9.47 Å². The number of ether oxygens (including phenoxy) is 2. The number of aryl methyl sites for hydroxylation is 2. The van der Waals surface area contributed by atoms with Gasteiger partial charge in [-0.2, -0.15) is 15.1 Å². The number of aromatic nitrogens is 5. The highest BCUT2D eigenvalue weighted by Gasteiger charge is 2.11. The molecule has 0 aliphatic heterocycles. The van der Waals surface area contributed by atoms with Crippen LogP contribution in [0.4, 0.5) is 5.95 Å². The molecule has 0 aliphatic rings. The number of nitrogens with zero attached hydrogens (tertiary/aromatic N) is 5. The molecular weight excluding hydrogens is 248 g/mol. The molecule has 2 heterocycles. The molecule has 102 valence electrons. The molecule has 0 saturated heterocycles. The first kappa shape index (κ1) is 13.1. The van der Waals surface area contributed by atoms with Gasteiger partial charge in [0.15, 0.2) is 0 Å². The van der Waals surface area contributed by atoms with E-state index in [-0.39, 0.29) is 24.1 Å². The quantitative estimate of drug-likeness (QED) is 0.881. The molecule has 2 aromatic heterocycles.